The number of unbranched alkanes of at least 4 members (excludes halogenated alkanes) is 1. The lowest BCUT2D eigenvalue weighted by molar-refractivity contribution is 0.644. The van der Waals surface area contributed by atoms with Crippen LogP contribution in [0.2, 0.25) is 0 Å². The summed E-state index contributed by atoms with van der Waals surface area (Å²) < 4.78 is 0. The highest BCUT2D eigenvalue weighted by Gasteiger charge is 1.91. The largest absolute Gasteiger partial charge is 0.237 e. The van der Waals surface area contributed by atoms with Crippen molar-refractivity contribution < 1.29 is 0 Å². The fourth-order valence-electron chi connectivity index (χ4n) is 1.06. The molecule has 1 rings (SSSR count). The van der Waals surface area contributed by atoms with E-state index in [-0.39, 0.29) is 0 Å². The zero-order chi connectivity index (χ0) is 9.36. The van der Waals surface area contributed by atoms with E-state index in [1.807, 2.05) is 18.2 Å². The van der Waals surface area contributed by atoms with Crippen LogP contribution in [0.3, 0.4) is 0 Å². The lowest BCUT2D eigenvalue weighted by Gasteiger charge is -2.00. The molecule has 0 aromatic heterocycles. The molecule has 67 valence electrons. The number of benzene rings is 1. The lowest BCUT2D eigenvalue weighted by Crippen LogP contribution is -2.05. The highest BCUT2D eigenvalue weighted by Crippen LogP contribution is 1.98. The Labute approximate surface area is 79.2 Å². The Hall–Kier alpha value is -1.33. The van der Waals surface area contributed by atoms with Crippen molar-refractivity contribution in [3.05, 3.63) is 35.9 Å². The highest BCUT2D eigenvalue weighted by atomic mass is 14.8. The van der Waals surface area contributed by atoms with E-state index >= 15 is 0 Å². The van der Waals surface area contributed by atoms with Gasteiger partial charge in [-0.3, -0.25) is 0 Å². The Bertz CT molecular complexity index is 261. The fourth-order valence-corrected chi connectivity index (χ4v) is 1.06. The maximum absolute atomic E-state index is 8.29. The van der Waals surface area contributed by atoms with Gasteiger partial charge in [-0.1, -0.05) is 30.3 Å². The number of rotatable bonds is 5. The third-order valence-corrected chi connectivity index (χ3v) is 1.74. The summed E-state index contributed by atoms with van der Waals surface area (Å²) in [6.45, 7) is 1.56. The summed E-state index contributed by atoms with van der Waals surface area (Å²) in [7, 11) is 0. The summed E-state index contributed by atoms with van der Waals surface area (Å²) in [6, 6.07) is 12.3. The minimum Gasteiger partial charge on any atom is -0.237 e. The number of nitrogens with zero attached hydrogens (tertiary/aromatic N) is 2. The monoisotopic (exact) mass is 173 g/mol. The summed E-state index contributed by atoms with van der Waals surface area (Å²) in [5.41, 5.74) is 1.24. The molecule has 0 amide bonds. The molecule has 1 aromatic rings. The van der Waals surface area contributed by atoms with E-state index in [0.29, 0.717) is 6.42 Å². The molecule has 0 saturated carbocycles. The molecule has 0 N–H and O–H groups in total. The maximum atomic E-state index is 8.29. The molecule has 1 aromatic carbocycles. The molecule has 0 saturated heterocycles. The SMILES string of the molecule is N#CCCC[N]Cc1ccccc1. The molecular weight excluding hydrogens is 160 g/mol. The minimum absolute atomic E-state index is 0.609. The first kappa shape index (κ1) is 9.76. The van der Waals surface area contributed by atoms with E-state index in [0.717, 1.165) is 19.5 Å². The van der Waals surface area contributed by atoms with Crippen molar-refractivity contribution in [1.29, 1.82) is 5.26 Å². The van der Waals surface area contributed by atoms with E-state index < -0.39 is 0 Å². The van der Waals surface area contributed by atoms with E-state index in [2.05, 4.69) is 23.5 Å². The Kier molecular flexibility index (Phi) is 4.66. The smallest absolute Gasteiger partial charge is 0.0622 e. The summed E-state index contributed by atoms with van der Waals surface area (Å²) in [5.74, 6) is 0. The molecule has 2 nitrogen and oxygen atoms in total. The normalized spacial score (nSPS) is 9.46. The van der Waals surface area contributed by atoms with E-state index in [1.165, 1.54) is 5.56 Å². The molecule has 0 fully saturated rings. The molecule has 0 spiro atoms. The molecule has 0 aliphatic rings. The van der Waals surface area contributed by atoms with Gasteiger partial charge in [-0.25, -0.2) is 5.32 Å². The van der Waals surface area contributed by atoms with Gasteiger partial charge in [-0.2, -0.15) is 5.26 Å². The second-order valence-corrected chi connectivity index (χ2v) is 2.85. The average molecular weight is 173 g/mol. The average Bonchev–Trinajstić information content (AvgIpc) is 2.19. The van der Waals surface area contributed by atoms with Crippen molar-refractivity contribution in [2.75, 3.05) is 6.54 Å². The molecule has 13 heavy (non-hydrogen) atoms. The van der Waals surface area contributed by atoms with Gasteiger partial charge in [0.25, 0.3) is 0 Å². The van der Waals surface area contributed by atoms with Crippen molar-refractivity contribution in [3.63, 3.8) is 0 Å². The summed E-state index contributed by atoms with van der Waals surface area (Å²) in [4.78, 5) is 0. The first-order chi connectivity index (χ1) is 6.43. The van der Waals surface area contributed by atoms with Gasteiger partial charge < -0.3 is 0 Å². The Morgan fingerprint density at radius 2 is 2.00 bits per heavy atom. The summed E-state index contributed by atoms with van der Waals surface area (Å²) in [5, 5.41) is 12.6. The predicted molar refractivity (Wildman–Crippen MR) is 52.0 cm³/mol. The molecule has 0 atom stereocenters. The van der Waals surface area contributed by atoms with E-state index in [9.17, 15) is 0 Å². The molecular formula is C11H13N2. The van der Waals surface area contributed by atoms with Gasteiger partial charge in [-0.05, 0) is 12.0 Å². The van der Waals surface area contributed by atoms with Gasteiger partial charge in [0.05, 0.1) is 6.07 Å². The van der Waals surface area contributed by atoms with E-state index in [1.54, 1.807) is 0 Å². The second kappa shape index (κ2) is 6.22. The summed E-state index contributed by atoms with van der Waals surface area (Å²) in [6.07, 6.45) is 1.49. The van der Waals surface area contributed by atoms with Crippen LogP contribution in [0.15, 0.2) is 30.3 Å². The van der Waals surface area contributed by atoms with Crippen molar-refractivity contribution in [2.24, 2.45) is 0 Å². The molecule has 0 aliphatic heterocycles. The maximum Gasteiger partial charge on any atom is 0.0622 e. The topological polar surface area (TPSA) is 37.9 Å². The number of hydrogen-bond acceptors (Lipinski definition) is 1. The predicted octanol–water partition coefficient (Wildman–Crippen LogP) is 2.09. The third-order valence-electron chi connectivity index (χ3n) is 1.74. The van der Waals surface area contributed by atoms with Gasteiger partial charge in [0.2, 0.25) is 0 Å². The first-order valence-electron chi connectivity index (χ1n) is 4.47. The van der Waals surface area contributed by atoms with Gasteiger partial charge >= 0.3 is 0 Å². The third kappa shape index (κ3) is 4.29. The van der Waals surface area contributed by atoms with Crippen LogP contribution in [0.4, 0.5) is 0 Å². The summed E-state index contributed by atoms with van der Waals surface area (Å²) >= 11 is 0. The van der Waals surface area contributed by atoms with Crippen LogP contribution in [-0.2, 0) is 6.54 Å². The van der Waals surface area contributed by atoms with Crippen molar-refractivity contribution >= 4 is 0 Å². The Morgan fingerprint density at radius 1 is 1.23 bits per heavy atom. The van der Waals surface area contributed by atoms with Crippen molar-refractivity contribution in [2.45, 2.75) is 19.4 Å². The molecule has 0 bridgehead atoms. The Balaban J connectivity index is 2.11. The van der Waals surface area contributed by atoms with Gasteiger partial charge in [0, 0.05) is 19.5 Å². The number of nitriles is 1. The van der Waals surface area contributed by atoms with Gasteiger partial charge in [-0.15, -0.1) is 0 Å². The van der Waals surface area contributed by atoms with Crippen LogP contribution in [0.1, 0.15) is 18.4 Å². The standard InChI is InChI=1S/C11H13N2/c12-8-4-5-9-13-10-11-6-2-1-3-7-11/h1-3,6-7H,4-5,9-10H2. The highest BCUT2D eigenvalue weighted by molar-refractivity contribution is 5.14. The van der Waals surface area contributed by atoms with Crippen LogP contribution in [-0.4, -0.2) is 6.54 Å². The van der Waals surface area contributed by atoms with Crippen molar-refractivity contribution in [3.8, 4) is 6.07 Å². The molecule has 0 unspecified atom stereocenters. The van der Waals surface area contributed by atoms with Gasteiger partial charge in [0.1, 0.15) is 0 Å². The van der Waals surface area contributed by atoms with Crippen LogP contribution in [0.25, 0.3) is 0 Å². The van der Waals surface area contributed by atoms with Crippen LogP contribution in [0, 0.1) is 11.3 Å². The Morgan fingerprint density at radius 3 is 2.69 bits per heavy atom. The second-order valence-electron chi connectivity index (χ2n) is 2.85. The molecule has 0 aliphatic carbocycles. The fraction of sp³-hybridized carbons (Fsp3) is 0.364. The number of hydrogen-bond donors (Lipinski definition) is 0. The lowest BCUT2D eigenvalue weighted by atomic mass is 10.2. The van der Waals surface area contributed by atoms with Crippen LogP contribution in [0.5, 0.6) is 0 Å². The van der Waals surface area contributed by atoms with Crippen LogP contribution >= 0.6 is 0 Å². The van der Waals surface area contributed by atoms with Crippen molar-refractivity contribution in [1.82, 2.24) is 5.32 Å². The first-order valence-corrected chi connectivity index (χ1v) is 4.47. The minimum atomic E-state index is 0.609. The zero-order valence-corrected chi connectivity index (χ0v) is 7.61. The zero-order valence-electron chi connectivity index (χ0n) is 7.61. The molecule has 2 heteroatoms. The van der Waals surface area contributed by atoms with E-state index in [4.69, 9.17) is 5.26 Å². The molecule has 0 heterocycles. The van der Waals surface area contributed by atoms with Crippen LogP contribution < -0.4 is 5.32 Å². The quantitative estimate of drug-likeness (QED) is 0.628. The molecule has 1 radical (unpaired) electrons. The van der Waals surface area contributed by atoms with Gasteiger partial charge in [0.15, 0.2) is 0 Å².